The molecule has 1 aromatic rings. The average Bonchev–Trinajstić information content (AvgIpc) is 2.35. The Kier molecular flexibility index (Phi) is 5.11. The van der Waals surface area contributed by atoms with Crippen LogP contribution in [0.1, 0.15) is 12.8 Å². The van der Waals surface area contributed by atoms with E-state index in [-0.39, 0.29) is 23.8 Å². The monoisotopic (exact) mass is 257 g/mol. The van der Waals surface area contributed by atoms with Crippen molar-refractivity contribution >= 4 is 16.0 Å². The van der Waals surface area contributed by atoms with Crippen LogP contribution in [0.3, 0.4) is 0 Å². The van der Waals surface area contributed by atoms with Gasteiger partial charge in [0, 0.05) is 13.0 Å². The van der Waals surface area contributed by atoms with Crippen molar-refractivity contribution in [1.29, 1.82) is 0 Å². The summed E-state index contributed by atoms with van der Waals surface area (Å²) in [5, 5.41) is 0. The molecule has 0 amide bonds. The molecular formula is C11H15NO4S. The minimum absolute atomic E-state index is 0.202. The molecular weight excluding hydrogens is 242 g/mol. The quantitative estimate of drug-likeness (QED) is 0.607. The fourth-order valence-electron chi connectivity index (χ4n) is 1.22. The topological polar surface area (TPSA) is 72.5 Å². The molecule has 0 radical (unpaired) electrons. The highest BCUT2D eigenvalue weighted by Gasteiger charge is 2.12. The van der Waals surface area contributed by atoms with Crippen LogP contribution in [-0.4, -0.2) is 28.0 Å². The summed E-state index contributed by atoms with van der Waals surface area (Å²) in [6, 6.07) is 8.09. The summed E-state index contributed by atoms with van der Waals surface area (Å²) in [6.07, 6.45) is 0.618. The number of nitrogens with one attached hydrogen (secondary N) is 1. The van der Waals surface area contributed by atoms with Crippen LogP contribution in [0, 0.1) is 0 Å². The van der Waals surface area contributed by atoms with Crippen LogP contribution in [0.25, 0.3) is 0 Å². The minimum Gasteiger partial charge on any atom is -0.469 e. The van der Waals surface area contributed by atoms with Crippen molar-refractivity contribution in [2.24, 2.45) is 0 Å². The van der Waals surface area contributed by atoms with Gasteiger partial charge in [0.1, 0.15) is 0 Å². The number of esters is 1. The van der Waals surface area contributed by atoms with Gasteiger partial charge in [-0.2, -0.15) is 0 Å². The van der Waals surface area contributed by atoms with Gasteiger partial charge in [-0.15, -0.1) is 0 Å². The number of hydrogen-bond donors (Lipinski definition) is 1. The Hall–Kier alpha value is -1.40. The van der Waals surface area contributed by atoms with Crippen molar-refractivity contribution in [3.05, 3.63) is 30.3 Å². The molecule has 0 aliphatic heterocycles. The summed E-state index contributed by atoms with van der Waals surface area (Å²) in [6.45, 7) is 0.215. The van der Waals surface area contributed by atoms with E-state index in [0.717, 1.165) is 0 Å². The number of carbonyl (C=O) groups is 1. The fraction of sp³-hybridized carbons (Fsp3) is 0.364. The van der Waals surface area contributed by atoms with Crippen LogP contribution in [0.15, 0.2) is 35.2 Å². The molecule has 0 saturated carbocycles. The summed E-state index contributed by atoms with van der Waals surface area (Å²) in [7, 11) is -2.17. The maximum atomic E-state index is 11.7. The Morgan fingerprint density at radius 1 is 1.29 bits per heavy atom. The highest BCUT2D eigenvalue weighted by molar-refractivity contribution is 7.89. The zero-order valence-corrected chi connectivity index (χ0v) is 10.4. The van der Waals surface area contributed by atoms with E-state index in [2.05, 4.69) is 9.46 Å². The molecule has 0 atom stereocenters. The molecule has 0 saturated heterocycles. The first-order chi connectivity index (χ1) is 8.06. The molecule has 1 rings (SSSR count). The first kappa shape index (κ1) is 13.7. The van der Waals surface area contributed by atoms with E-state index in [1.54, 1.807) is 18.2 Å². The number of sulfonamides is 1. The third kappa shape index (κ3) is 4.54. The van der Waals surface area contributed by atoms with Gasteiger partial charge in [0.25, 0.3) is 0 Å². The van der Waals surface area contributed by atoms with Gasteiger partial charge in [-0.1, -0.05) is 18.2 Å². The molecule has 94 valence electrons. The second-order valence-corrected chi connectivity index (χ2v) is 5.16. The van der Waals surface area contributed by atoms with Crippen molar-refractivity contribution in [1.82, 2.24) is 4.72 Å². The number of methoxy groups -OCH3 is 1. The Morgan fingerprint density at radius 3 is 2.53 bits per heavy atom. The third-order valence-corrected chi connectivity index (χ3v) is 3.61. The SMILES string of the molecule is COC(=O)CCCNS(=O)(=O)c1ccccc1. The van der Waals surface area contributed by atoms with E-state index in [0.29, 0.717) is 6.42 Å². The van der Waals surface area contributed by atoms with Crippen LogP contribution >= 0.6 is 0 Å². The third-order valence-electron chi connectivity index (χ3n) is 2.13. The van der Waals surface area contributed by atoms with Crippen molar-refractivity contribution in [2.75, 3.05) is 13.7 Å². The smallest absolute Gasteiger partial charge is 0.305 e. The molecule has 0 fully saturated rings. The van der Waals surface area contributed by atoms with Crippen LogP contribution in [0.5, 0.6) is 0 Å². The van der Waals surface area contributed by atoms with E-state index < -0.39 is 10.0 Å². The lowest BCUT2D eigenvalue weighted by Gasteiger charge is -2.05. The van der Waals surface area contributed by atoms with Crippen molar-refractivity contribution in [2.45, 2.75) is 17.7 Å². The van der Waals surface area contributed by atoms with Gasteiger partial charge in [-0.05, 0) is 18.6 Å². The van der Waals surface area contributed by atoms with Gasteiger partial charge in [0.15, 0.2) is 0 Å². The average molecular weight is 257 g/mol. The predicted octanol–water partition coefficient (Wildman–Crippen LogP) is 0.918. The second kappa shape index (κ2) is 6.36. The molecule has 0 spiro atoms. The largest absolute Gasteiger partial charge is 0.469 e. The van der Waals surface area contributed by atoms with Gasteiger partial charge < -0.3 is 4.74 Å². The molecule has 0 heterocycles. The molecule has 0 bridgehead atoms. The Morgan fingerprint density at radius 2 is 1.94 bits per heavy atom. The summed E-state index contributed by atoms with van der Waals surface area (Å²) in [4.78, 5) is 11.0. The molecule has 0 unspecified atom stereocenters. The number of ether oxygens (including phenoxy) is 1. The Labute approximate surface area is 101 Å². The summed E-state index contributed by atoms with van der Waals surface area (Å²) in [5.74, 6) is -0.344. The molecule has 5 nitrogen and oxygen atoms in total. The zero-order chi connectivity index (χ0) is 12.7. The summed E-state index contributed by atoms with van der Waals surface area (Å²) < 4.78 is 30.3. The van der Waals surface area contributed by atoms with Crippen LogP contribution in [0.4, 0.5) is 0 Å². The van der Waals surface area contributed by atoms with Crippen LogP contribution in [0.2, 0.25) is 0 Å². The van der Waals surface area contributed by atoms with Crippen LogP contribution < -0.4 is 4.72 Å². The van der Waals surface area contributed by atoms with E-state index in [1.807, 2.05) is 0 Å². The lowest BCUT2D eigenvalue weighted by molar-refractivity contribution is -0.140. The van der Waals surface area contributed by atoms with E-state index >= 15 is 0 Å². The minimum atomic E-state index is -3.47. The number of hydrogen-bond acceptors (Lipinski definition) is 4. The lowest BCUT2D eigenvalue weighted by Crippen LogP contribution is -2.25. The number of benzene rings is 1. The molecule has 0 aromatic heterocycles. The van der Waals surface area contributed by atoms with Crippen molar-refractivity contribution in [3.8, 4) is 0 Å². The summed E-state index contributed by atoms with van der Waals surface area (Å²) in [5.41, 5.74) is 0. The summed E-state index contributed by atoms with van der Waals surface area (Å²) >= 11 is 0. The highest BCUT2D eigenvalue weighted by atomic mass is 32.2. The highest BCUT2D eigenvalue weighted by Crippen LogP contribution is 2.06. The normalized spacial score (nSPS) is 11.1. The van der Waals surface area contributed by atoms with Crippen LogP contribution in [-0.2, 0) is 19.6 Å². The molecule has 0 aliphatic carbocycles. The predicted molar refractivity (Wildman–Crippen MR) is 62.9 cm³/mol. The standard InChI is InChI=1S/C11H15NO4S/c1-16-11(13)8-5-9-12-17(14,15)10-6-3-2-4-7-10/h2-4,6-7,12H,5,8-9H2,1H3. The van der Waals surface area contributed by atoms with Gasteiger partial charge in [0.05, 0.1) is 12.0 Å². The van der Waals surface area contributed by atoms with Crippen molar-refractivity contribution < 1.29 is 17.9 Å². The van der Waals surface area contributed by atoms with Crippen molar-refractivity contribution in [3.63, 3.8) is 0 Å². The van der Waals surface area contributed by atoms with Gasteiger partial charge in [-0.25, -0.2) is 13.1 Å². The maximum Gasteiger partial charge on any atom is 0.305 e. The second-order valence-electron chi connectivity index (χ2n) is 3.39. The van der Waals surface area contributed by atoms with E-state index in [1.165, 1.54) is 19.2 Å². The first-order valence-corrected chi connectivity index (χ1v) is 6.66. The first-order valence-electron chi connectivity index (χ1n) is 5.18. The Balaban J connectivity index is 2.44. The maximum absolute atomic E-state index is 11.7. The number of carbonyl (C=O) groups excluding carboxylic acids is 1. The van der Waals surface area contributed by atoms with E-state index in [9.17, 15) is 13.2 Å². The Bertz CT molecular complexity index is 456. The van der Waals surface area contributed by atoms with E-state index in [4.69, 9.17) is 0 Å². The fourth-order valence-corrected chi connectivity index (χ4v) is 2.32. The molecule has 6 heteroatoms. The van der Waals surface area contributed by atoms with Gasteiger partial charge >= 0.3 is 5.97 Å². The number of rotatable bonds is 6. The lowest BCUT2D eigenvalue weighted by atomic mass is 10.3. The molecule has 1 aromatic carbocycles. The molecule has 17 heavy (non-hydrogen) atoms. The van der Waals surface area contributed by atoms with Gasteiger partial charge in [0.2, 0.25) is 10.0 Å². The van der Waals surface area contributed by atoms with Gasteiger partial charge in [-0.3, -0.25) is 4.79 Å². The zero-order valence-electron chi connectivity index (χ0n) is 9.55. The molecule has 1 N–H and O–H groups in total. The molecule has 0 aliphatic rings.